The third kappa shape index (κ3) is 9.11. The summed E-state index contributed by atoms with van der Waals surface area (Å²) >= 11 is 0. The average molecular weight is 402 g/mol. The van der Waals surface area contributed by atoms with Crippen molar-refractivity contribution < 1.29 is 27.5 Å². The van der Waals surface area contributed by atoms with Crippen molar-refractivity contribution in [1.29, 1.82) is 0 Å². The van der Waals surface area contributed by atoms with Gasteiger partial charge in [0.1, 0.15) is 11.8 Å². The molecule has 0 aliphatic carbocycles. The Morgan fingerprint density at radius 2 is 1.77 bits per heavy atom. The van der Waals surface area contributed by atoms with Crippen LogP contribution in [0.4, 0.5) is 0 Å². The molecule has 0 amide bonds. The molecule has 1 atom stereocenters. The van der Waals surface area contributed by atoms with Crippen molar-refractivity contribution in [2.75, 3.05) is 12.4 Å². The molecule has 9 heteroatoms. The van der Waals surface area contributed by atoms with Gasteiger partial charge in [0.05, 0.1) is 18.8 Å². The van der Waals surface area contributed by atoms with Crippen LogP contribution in [0.15, 0.2) is 30.3 Å². The second-order valence-corrected chi connectivity index (χ2v) is 14.5. The van der Waals surface area contributed by atoms with Gasteiger partial charge in [0, 0.05) is 8.07 Å². The highest BCUT2D eigenvalue weighted by atomic mass is 32.2. The molecule has 146 valence electrons. The number of benzene rings is 1. The molecule has 0 spiro atoms. The molecule has 0 radical (unpaired) electrons. The predicted molar refractivity (Wildman–Crippen MR) is 102 cm³/mol. The number of carbonyl (C=O) groups excluding carboxylic acids is 2. The molecule has 1 aromatic carbocycles. The van der Waals surface area contributed by atoms with E-state index in [4.69, 9.17) is 9.47 Å². The molecule has 0 unspecified atom stereocenters. The standard InChI is InChI=1S/C17H27NO6SSi/c1-5-23-17(20)15(18-25(21,22)11-12-26(2,3)4)13-16(19)24-14-9-7-6-8-10-14/h6-10,15,18H,5,11-13H2,1-4H3/t15-/m0/s1. The van der Waals surface area contributed by atoms with E-state index in [0.717, 1.165) is 0 Å². The Balaban J connectivity index is 2.78. The van der Waals surface area contributed by atoms with Crippen molar-refractivity contribution in [2.45, 2.75) is 45.1 Å². The van der Waals surface area contributed by atoms with Gasteiger partial charge < -0.3 is 9.47 Å². The third-order valence-electron chi connectivity index (χ3n) is 3.36. The molecule has 0 fully saturated rings. The summed E-state index contributed by atoms with van der Waals surface area (Å²) in [6.07, 6.45) is -0.445. The lowest BCUT2D eigenvalue weighted by molar-refractivity contribution is -0.148. The fourth-order valence-corrected chi connectivity index (χ4v) is 6.22. The van der Waals surface area contributed by atoms with E-state index in [2.05, 4.69) is 24.4 Å². The van der Waals surface area contributed by atoms with Crippen LogP contribution in [-0.2, 0) is 24.3 Å². The van der Waals surface area contributed by atoms with E-state index < -0.39 is 42.5 Å². The van der Waals surface area contributed by atoms with Crippen LogP contribution in [0, 0.1) is 0 Å². The molecule has 0 aromatic heterocycles. The van der Waals surface area contributed by atoms with Gasteiger partial charge in [-0.05, 0) is 25.1 Å². The Morgan fingerprint density at radius 1 is 1.15 bits per heavy atom. The van der Waals surface area contributed by atoms with E-state index in [9.17, 15) is 18.0 Å². The fourth-order valence-electron chi connectivity index (χ4n) is 1.96. The normalized spacial score (nSPS) is 13.1. The minimum absolute atomic E-state index is 0.0830. The van der Waals surface area contributed by atoms with Gasteiger partial charge >= 0.3 is 11.9 Å². The average Bonchev–Trinajstić information content (AvgIpc) is 2.53. The number of sulfonamides is 1. The van der Waals surface area contributed by atoms with E-state index in [1.54, 1.807) is 37.3 Å². The summed E-state index contributed by atoms with van der Waals surface area (Å²) in [6.45, 7) is 7.87. The largest absolute Gasteiger partial charge is 0.465 e. The van der Waals surface area contributed by atoms with Gasteiger partial charge in [-0.25, -0.2) is 13.1 Å². The Labute approximate surface area is 156 Å². The zero-order valence-electron chi connectivity index (χ0n) is 15.7. The summed E-state index contributed by atoms with van der Waals surface area (Å²) in [7, 11) is -5.29. The van der Waals surface area contributed by atoms with Crippen LogP contribution in [0.2, 0.25) is 25.7 Å². The van der Waals surface area contributed by atoms with Gasteiger partial charge in [-0.3, -0.25) is 9.59 Å². The van der Waals surface area contributed by atoms with Crippen molar-refractivity contribution in [3.8, 4) is 5.75 Å². The number of para-hydroxylation sites is 1. The minimum Gasteiger partial charge on any atom is -0.465 e. The van der Waals surface area contributed by atoms with Crippen LogP contribution in [0.5, 0.6) is 5.75 Å². The van der Waals surface area contributed by atoms with Gasteiger partial charge in [0.2, 0.25) is 10.0 Å². The first-order valence-corrected chi connectivity index (χ1v) is 13.8. The fraction of sp³-hybridized carbons (Fsp3) is 0.529. The van der Waals surface area contributed by atoms with Crippen molar-refractivity contribution in [2.24, 2.45) is 0 Å². The lowest BCUT2D eigenvalue weighted by Gasteiger charge is -2.19. The molecule has 0 aliphatic rings. The van der Waals surface area contributed by atoms with E-state index in [1.807, 2.05) is 0 Å². The van der Waals surface area contributed by atoms with Crippen LogP contribution in [0.1, 0.15) is 13.3 Å². The molecule has 1 rings (SSSR count). The summed E-state index contributed by atoms with van der Waals surface area (Å²) < 4.78 is 36.9. The maximum absolute atomic E-state index is 12.3. The highest BCUT2D eigenvalue weighted by Gasteiger charge is 2.30. The molecule has 0 bridgehead atoms. The molecule has 26 heavy (non-hydrogen) atoms. The van der Waals surface area contributed by atoms with Crippen LogP contribution in [0.3, 0.4) is 0 Å². The second-order valence-electron chi connectivity index (χ2n) is 7.04. The first-order valence-electron chi connectivity index (χ1n) is 8.45. The van der Waals surface area contributed by atoms with Crippen molar-refractivity contribution in [3.05, 3.63) is 30.3 Å². The van der Waals surface area contributed by atoms with E-state index in [-0.39, 0.29) is 12.4 Å². The summed E-state index contributed by atoms with van der Waals surface area (Å²) in [4.78, 5) is 24.1. The lowest BCUT2D eigenvalue weighted by Crippen LogP contribution is -2.45. The predicted octanol–water partition coefficient (Wildman–Crippen LogP) is 2.17. The van der Waals surface area contributed by atoms with E-state index >= 15 is 0 Å². The zero-order chi connectivity index (χ0) is 19.8. The number of carbonyl (C=O) groups is 2. The molecule has 0 heterocycles. The Hall–Kier alpha value is -1.71. The molecule has 0 saturated heterocycles. The molecule has 0 saturated carbocycles. The number of rotatable bonds is 10. The van der Waals surface area contributed by atoms with Crippen molar-refractivity contribution in [1.82, 2.24) is 4.72 Å². The summed E-state index contributed by atoms with van der Waals surface area (Å²) in [5.41, 5.74) is 0. The van der Waals surface area contributed by atoms with E-state index in [1.165, 1.54) is 0 Å². The maximum Gasteiger partial charge on any atom is 0.324 e. The topological polar surface area (TPSA) is 98.8 Å². The van der Waals surface area contributed by atoms with Crippen LogP contribution in [-0.4, -0.2) is 46.8 Å². The molecule has 1 aromatic rings. The number of hydrogen-bond donors (Lipinski definition) is 1. The summed E-state index contributed by atoms with van der Waals surface area (Å²) in [5.74, 6) is -1.29. The lowest BCUT2D eigenvalue weighted by atomic mass is 10.2. The van der Waals surface area contributed by atoms with E-state index in [0.29, 0.717) is 11.8 Å². The number of nitrogens with one attached hydrogen (secondary N) is 1. The Morgan fingerprint density at radius 3 is 2.31 bits per heavy atom. The monoisotopic (exact) mass is 401 g/mol. The quantitative estimate of drug-likeness (QED) is 0.366. The van der Waals surface area contributed by atoms with Gasteiger partial charge in [0.25, 0.3) is 0 Å². The minimum atomic E-state index is -3.72. The first-order chi connectivity index (χ1) is 12.0. The maximum atomic E-state index is 12.3. The van der Waals surface area contributed by atoms with Gasteiger partial charge in [-0.2, -0.15) is 0 Å². The van der Waals surface area contributed by atoms with Gasteiger partial charge in [0.15, 0.2) is 0 Å². The first kappa shape index (κ1) is 22.3. The van der Waals surface area contributed by atoms with Crippen LogP contribution in [0.25, 0.3) is 0 Å². The van der Waals surface area contributed by atoms with Gasteiger partial charge in [-0.15, -0.1) is 0 Å². The SMILES string of the molecule is CCOC(=O)[C@H](CC(=O)Oc1ccccc1)NS(=O)(=O)CC[Si](C)(C)C. The Kier molecular flexibility index (Phi) is 8.45. The Bertz CT molecular complexity index is 700. The highest BCUT2D eigenvalue weighted by molar-refractivity contribution is 7.89. The van der Waals surface area contributed by atoms with Crippen LogP contribution >= 0.6 is 0 Å². The van der Waals surface area contributed by atoms with Crippen molar-refractivity contribution in [3.63, 3.8) is 0 Å². The molecular weight excluding hydrogens is 374 g/mol. The third-order valence-corrected chi connectivity index (χ3v) is 6.86. The molecule has 1 N–H and O–H groups in total. The molecular formula is C17H27NO6SSi. The molecule has 7 nitrogen and oxygen atoms in total. The number of ether oxygens (including phenoxy) is 2. The van der Waals surface area contributed by atoms with Gasteiger partial charge in [-0.1, -0.05) is 37.8 Å². The second kappa shape index (κ2) is 9.84. The molecule has 0 aliphatic heterocycles. The van der Waals surface area contributed by atoms with Crippen molar-refractivity contribution >= 4 is 30.0 Å². The highest BCUT2D eigenvalue weighted by Crippen LogP contribution is 2.12. The summed E-state index contributed by atoms with van der Waals surface area (Å²) in [5, 5.41) is 0. The zero-order valence-corrected chi connectivity index (χ0v) is 17.5. The number of hydrogen-bond acceptors (Lipinski definition) is 6. The number of esters is 2. The smallest absolute Gasteiger partial charge is 0.324 e. The van der Waals surface area contributed by atoms with Crippen LogP contribution < -0.4 is 9.46 Å². The summed E-state index contributed by atoms with van der Waals surface area (Å²) in [6, 6.07) is 7.59.